The first-order chi connectivity index (χ1) is 8.56. The molecule has 0 saturated carbocycles. The Hall–Kier alpha value is -0.980. The molecule has 0 nitrogen and oxygen atoms in total. The maximum absolute atomic E-state index is 6.50. The maximum atomic E-state index is 6.50. The van der Waals surface area contributed by atoms with Crippen molar-refractivity contribution in [1.29, 1.82) is 0 Å². The number of hydrogen-bond donors (Lipinski definition) is 0. The zero-order valence-corrected chi connectivity index (χ0v) is 12.1. The van der Waals surface area contributed by atoms with Crippen molar-refractivity contribution in [1.82, 2.24) is 0 Å². The van der Waals surface area contributed by atoms with Gasteiger partial charge in [0.15, 0.2) is 0 Å². The molecular formula is C16H16Cl2. The molecule has 2 aromatic rings. The molecular weight excluding hydrogens is 263 g/mol. The molecule has 0 aliphatic heterocycles. The van der Waals surface area contributed by atoms with Gasteiger partial charge in [-0.1, -0.05) is 41.9 Å². The van der Waals surface area contributed by atoms with Crippen molar-refractivity contribution >= 4 is 23.2 Å². The van der Waals surface area contributed by atoms with E-state index in [0.717, 1.165) is 22.6 Å². The summed E-state index contributed by atoms with van der Waals surface area (Å²) in [5.41, 5.74) is 4.80. The van der Waals surface area contributed by atoms with Gasteiger partial charge in [-0.15, -0.1) is 11.6 Å². The molecule has 1 atom stereocenters. The summed E-state index contributed by atoms with van der Waals surface area (Å²) < 4.78 is 0. The minimum Gasteiger partial charge on any atom is -0.117 e. The summed E-state index contributed by atoms with van der Waals surface area (Å²) in [6.45, 7) is 4.15. The largest absolute Gasteiger partial charge is 0.117 e. The lowest BCUT2D eigenvalue weighted by Crippen LogP contribution is -1.98. The van der Waals surface area contributed by atoms with Gasteiger partial charge in [-0.25, -0.2) is 0 Å². The van der Waals surface area contributed by atoms with Gasteiger partial charge in [-0.2, -0.15) is 0 Å². The fraction of sp³-hybridized carbons (Fsp3) is 0.250. The van der Waals surface area contributed by atoms with Crippen LogP contribution in [0.2, 0.25) is 5.02 Å². The van der Waals surface area contributed by atoms with Crippen LogP contribution in [0.3, 0.4) is 0 Å². The summed E-state index contributed by atoms with van der Waals surface area (Å²) in [6, 6.07) is 14.3. The molecule has 0 spiro atoms. The van der Waals surface area contributed by atoms with Crippen LogP contribution >= 0.6 is 23.2 Å². The van der Waals surface area contributed by atoms with Gasteiger partial charge in [0, 0.05) is 5.02 Å². The molecule has 0 N–H and O–H groups in total. The van der Waals surface area contributed by atoms with Gasteiger partial charge in [0.1, 0.15) is 0 Å². The van der Waals surface area contributed by atoms with Gasteiger partial charge in [0.2, 0.25) is 0 Å². The van der Waals surface area contributed by atoms with E-state index in [2.05, 4.69) is 31.2 Å². The lowest BCUT2D eigenvalue weighted by Gasteiger charge is -2.13. The molecule has 0 heterocycles. The Labute approximate surface area is 119 Å². The molecule has 0 fully saturated rings. The van der Waals surface area contributed by atoms with Crippen molar-refractivity contribution in [2.45, 2.75) is 25.6 Å². The average Bonchev–Trinajstić information content (AvgIpc) is 2.31. The van der Waals surface area contributed by atoms with Crippen LogP contribution in [0.15, 0.2) is 42.5 Å². The Kier molecular flexibility index (Phi) is 4.31. The number of benzene rings is 2. The molecule has 0 saturated heterocycles. The average molecular weight is 279 g/mol. The highest BCUT2D eigenvalue weighted by atomic mass is 35.5. The molecule has 94 valence electrons. The summed E-state index contributed by atoms with van der Waals surface area (Å²) in [6.07, 6.45) is 0.827. The van der Waals surface area contributed by atoms with E-state index in [9.17, 15) is 0 Å². The Morgan fingerprint density at radius 2 is 1.78 bits per heavy atom. The van der Waals surface area contributed by atoms with Crippen molar-refractivity contribution in [2.24, 2.45) is 0 Å². The number of rotatable bonds is 3. The zero-order chi connectivity index (χ0) is 13.1. The molecule has 2 heteroatoms. The van der Waals surface area contributed by atoms with Crippen LogP contribution in [0.25, 0.3) is 0 Å². The zero-order valence-electron chi connectivity index (χ0n) is 10.6. The van der Waals surface area contributed by atoms with E-state index >= 15 is 0 Å². The van der Waals surface area contributed by atoms with E-state index in [1.807, 2.05) is 25.1 Å². The number of halogens is 2. The third-order valence-electron chi connectivity index (χ3n) is 3.09. The molecule has 18 heavy (non-hydrogen) atoms. The third kappa shape index (κ3) is 3.28. The molecule has 0 bridgehead atoms. The Balaban J connectivity index is 2.22. The van der Waals surface area contributed by atoms with Crippen molar-refractivity contribution in [2.75, 3.05) is 0 Å². The van der Waals surface area contributed by atoms with Gasteiger partial charge in [-0.3, -0.25) is 0 Å². The smallest absolute Gasteiger partial charge is 0.0626 e. The van der Waals surface area contributed by atoms with Crippen LogP contribution in [0.1, 0.15) is 27.6 Å². The van der Waals surface area contributed by atoms with Crippen molar-refractivity contribution in [3.63, 3.8) is 0 Å². The summed E-state index contributed by atoms with van der Waals surface area (Å²) in [5.74, 6) is 0. The highest BCUT2D eigenvalue weighted by Crippen LogP contribution is 2.29. The van der Waals surface area contributed by atoms with E-state index in [-0.39, 0.29) is 5.38 Å². The summed E-state index contributed by atoms with van der Waals surface area (Å²) >= 11 is 12.6. The SMILES string of the molecule is Cc1cc(Cl)cc(C(Cl)Cc2ccccc2C)c1. The summed E-state index contributed by atoms with van der Waals surface area (Å²) in [5, 5.41) is 0.712. The summed E-state index contributed by atoms with van der Waals surface area (Å²) in [4.78, 5) is 0. The van der Waals surface area contributed by atoms with Crippen LogP contribution in [-0.2, 0) is 6.42 Å². The molecule has 0 radical (unpaired) electrons. The van der Waals surface area contributed by atoms with E-state index in [1.54, 1.807) is 0 Å². The minimum absolute atomic E-state index is 0.0384. The van der Waals surface area contributed by atoms with Gasteiger partial charge in [0.25, 0.3) is 0 Å². The number of aryl methyl sites for hydroxylation is 2. The second kappa shape index (κ2) is 5.77. The van der Waals surface area contributed by atoms with Crippen LogP contribution in [0.4, 0.5) is 0 Å². The van der Waals surface area contributed by atoms with Crippen molar-refractivity contribution < 1.29 is 0 Å². The fourth-order valence-corrected chi connectivity index (χ4v) is 2.69. The number of alkyl halides is 1. The summed E-state index contributed by atoms with van der Waals surface area (Å²) in [7, 11) is 0. The minimum atomic E-state index is -0.0384. The molecule has 0 aromatic heterocycles. The monoisotopic (exact) mass is 278 g/mol. The fourth-order valence-electron chi connectivity index (χ4n) is 2.10. The predicted octanol–water partition coefficient (Wildman–Crippen LogP) is 5.48. The van der Waals surface area contributed by atoms with Gasteiger partial charge in [-0.05, 0) is 54.7 Å². The molecule has 2 rings (SSSR count). The van der Waals surface area contributed by atoms with E-state index < -0.39 is 0 Å². The van der Waals surface area contributed by atoms with Crippen LogP contribution in [0.5, 0.6) is 0 Å². The van der Waals surface area contributed by atoms with E-state index in [4.69, 9.17) is 23.2 Å². The van der Waals surface area contributed by atoms with Crippen molar-refractivity contribution in [3.05, 3.63) is 69.7 Å². The first-order valence-corrected chi connectivity index (χ1v) is 6.83. The van der Waals surface area contributed by atoms with Gasteiger partial charge in [0.05, 0.1) is 5.38 Å². The van der Waals surface area contributed by atoms with Crippen LogP contribution in [0, 0.1) is 13.8 Å². The third-order valence-corrected chi connectivity index (χ3v) is 3.71. The van der Waals surface area contributed by atoms with Crippen LogP contribution in [-0.4, -0.2) is 0 Å². The second-order valence-corrected chi connectivity index (χ2v) is 5.62. The van der Waals surface area contributed by atoms with Crippen LogP contribution < -0.4 is 0 Å². The topological polar surface area (TPSA) is 0 Å². The first-order valence-electron chi connectivity index (χ1n) is 6.02. The normalized spacial score (nSPS) is 12.4. The molecule has 2 aromatic carbocycles. The lowest BCUT2D eigenvalue weighted by atomic mass is 9.99. The Bertz CT molecular complexity index is 526. The molecule has 0 aliphatic carbocycles. The maximum Gasteiger partial charge on any atom is 0.0626 e. The van der Waals surface area contributed by atoms with Crippen molar-refractivity contribution in [3.8, 4) is 0 Å². The van der Waals surface area contributed by atoms with E-state index in [1.165, 1.54) is 11.1 Å². The van der Waals surface area contributed by atoms with E-state index in [0.29, 0.717) is 0 Å². The molecule has 0 amide bonds. The lowest BCUT2D eigenvalue weighted by molar-refractivity contribution is 0.909. The molecule has 1 unspecified atom stereocenters. The quantitative estimate of drug-likeness (QED) is 0.653. The Morgan fingerprint density at radius 3 is 2.44 bits per heavy atom. The Morgan fingerprint density at radius 1 is 1.06 bits per heavy atom. The molecule has 0 aliphatic rings. The highest BCUT2D eigenvalue weighted by molar-refractivity contribution is 6.30. The highest BCUT2D eigenvalue weighted by Gasteiger charge is 2.11. The first kappa shape index (κ1) is 13.5. The second-order valence-electron chi connectivity index (χ2n) is 4.66. The van der Waals surface area contributed by atoms with Gasteiger partial charge < -0.3 is 0 Å². The standard InChI is InChI=1S/C16H16Cl2/c1-11-7-14(9-15(17)8-11)16(18)10-13-6-4-3-5-12(13)2/h3-9,16H,10H2,1-2H3. The predicted molar refractivity (Wildman–Crippen MR) is 79.7 cm³/mol. The number of hydrogen-bond acceptors (Lipinski definition) is 0. The van der Waals surface area contributed by atoms with Gasteiger partial charge >= 0.3 is 0 Å².